The second kappa shape index (κ2) is 6.11. The molecule has 1 aromatic heterocycles. The summed E-state index contributed by atoms with van der Waals surface area (Å²) in [6.07, 6.45) is 3.81. The monoisotopic (exact) mass is 303 g/mol. The predicted molar refractivity (Wildman–Crippen MR) is 83.3 cm³/mol. The van der Waals surface area contributed by atoms with Gasteiger partial charge >= 0.3 is 0 Å². The Bertz CT molecular complexity index is 745. The summed E-state index contributed by atoms with van der Waals surface area (Å²) in [5.41, 5.74) is 0.887. The second-order valence-electron chi connectivity index (χ2n) is 4.51. The standard InChI is InChI=1S/C16H17NO3S/c1-3-8-15(18)16-13(4-2)11-12-17(16)21(19,20)14-9-6-5-7-10-14/h3-7,9-12,15,18H,1-2,8H2. The Morgan fingerprint density at radius 2 is 1.86 bits per heavy atom. The van der Waals surface area contributed by atoms with Gasteiger partial charge in [-0.25, -0.2) is 12.4 Å². The first-order chi connectivity index (χ1) is 10.0. The molecule has 0 amide bonds. The number of nitrogens with zero attached hydrogens (tertiary/aromatic N) is 1. The van der Waals surface area contributed by atoms with Gasteiger partial charge in [0.15, 0.2) is 0 Å². The molecule has 0 bridgehead atoms. The van der Waals surface area contributed by atoms with Crippen LogP contribution in [0.15, 0.2) is 66.7 Å². The van der Waals surface area contributed by atoms with Crippen molar-refractivity contribution in [3.8, 4) is 0 Å². The number of rotatable bonds is 6. The molecular weight excluding hydrogens is 286 g/mol. The maximum atomic E-state index is 12.7. The smallest absolute Gasteiger partial charge is 0.267 e. The van der Waals surface area contributed by atoms with Gasteiger partial charge in [0.25, 0.3) is 10.0 Å². The molecule has 0 saturated heterocycles. The lowest BCUT2D eigenvalue weighted by Gasteiger charge is -2.15. The average molecular weight is 303 g/mol. The third-order valence-electron chi connectivity index (χ3n) is 3.15. The summed E-state index contributed by atoms with van der Waals surface area (Å²) in [5, 5.41) is 10.2. The molecule has 0 radical (unpaired) electrons. The van der Waals surface area contributed by atoms with E-state index >= 15 is 0 Å². The molecule has 0 saturated carbocycles. The van der Waals surface area contributed by atoms with Gasteiger partial charge in [-0.3, -0.25) is 0 Å². The zero-order valence-electron chi connectivity index (χ0n) is 11.5. The number of hydrogen-bond acceptors (Lipinski definition) is 3. The summed E-state index contributed by atoms with van der Waals surface area (Å²) in [7, 11) is -3.75. The third kappa shape index (κ3) is 2.84. The highest BCUT2D eigenvalue weighted by molar-refractivity contribution is 7.90. The van der Waals surface area contributed by atoms with E-state index in [1.54, 1.807) is 30.3 Å². The average Bonchev–Trinajstić information content (AvgIpc) is 2.93. The van der Waals surface area contributed by atoms with Crippen LogP contribution < -0.4 is 0 Å². The molecule has 0 aliphatic carbocycles. The van der Waals surface area contributed by atoms with Gasteiger partial charge in [-0.05, 0) is 30.2 Å². The van der Waals surface area contributed by atoms with Crippen molar-refractivity contribution in [2.75, 3.05) is 0 Å². The molecule has 1 atom stereocenters. The van der Waals surface area contributed by atoms with Crippen molar-refractivity contribution >= 4 is 16.1 Å². The van der Waals surface area contributed by atoms with Gasteiger partial charge < -0.3 is 5.11 Å². The fraction of sp³-hybridized carbons (Fsp3) is 0.125. The Hall–Kier alpha value is -2.11. The summed E-state index contributed by atoms with van der Waals surface area (Å²) in [6.45, 7) is 7.23. The Labute approximate surface area is 124 Å². The zero-order valence-corrected chi connectivity index (χ0v) is 12.3. The lowest BCUT2D eigenvalue weighted by molar-refractivity contribution is 0.175. The first-order valence-electron chi connectivity index (χ1n) is 6.45. The predicted octanol–water partition coefficient (Wildman–Crippen LogP) is 2.98. The van der Waals surface area contributed by atoms with Crippen molar-refractivity contribution in [1.29, 1.82) is 0 Å². The molecule has 0 fully saturated rings. The van der Waals surface area contributed by atoms with Gasteiger partial charge in [-0.15, -0.1) is 6.58 Å². The van der Waals surface area contributed by atoms with Gasteiger partial charge in [0.05, 0.1) is 16.7 Å². The van der Waals surface area contributed by atoms with E-state index in [1.165, 1.54) is 24.4 Å². The van der Waals surface area contributed by atoms with Crippen LogP contribution in [0.4, 0.5) is 0 Å². The molecule has 110 valence electrons. The normalized spacial score (nSPS) is 12.8. The van der Waals surface area contributed by atoms with Crippen LogP contribution >= 0.6 is 0 Å². The highest BCUT2D eigenvalue weighted by Crippen LogP contribution is 2.27. The van der Waals surface area contributed by atoms with Crippen molar-refractivity contribution in [3.05, 3.63) is 73.1 Å². The maximum absolute atomic E-state index is 12.7. The molecule has 0 aliphatic heterocycles. The first kappa shape index (κ1) is 15.3. The molecule has 0 aliphatic rings. The van der Waals surface area contributed by atoms with Gasteiger partial charge in [0, 0.05) is 6.20 Å². The molecule has 1 N–H and O–H groups in total. The summed E-state index contributed by atoms with van der Waals surface area (Å²) >= 11 is 0. The van der Waals surface area contributed by atoms with Crippen LogP contribution in [0.25, 0.3) is 6.08 Å². The van der Waals surface area contributed by atoms with Gasteiger partial charge in [0.1, 0.15) is 0 Å². The van der Waals surface area contributed by atoms with E-state index in [-0.39, 0.29) is 11.3 Å². The van der Waals surface area contributed by atoms with Crippen LogP contribution in [0.3, 0.4) is 0 Å². The number of aromatic nitrogens is 1. The van der Waals surface area contributed by atoms with Crippen LogP contribution in [-0.4, -0.2) is 17.5 Å². The molecule has 1 aromatic carbocycles. The molecule has 0 spiro atoms. The molecule has 4 nitrogen and oxygen atoms in total. The molecule has 21 heavy (non-hydrogen) atoms. The summed E-state index contributed by atoms with van der Waals surface area (Å²) in [5.74, 6) is 0. The van der Waals surface area contributed by atoms with E-state index in [1.807, 2.05) is 0 Å². The van der Waals surface area contributed by atoms with Crippen molar-refractivity contribution in [2.45, 2.75) is 17.4 Å². The van der Waals surface area contributed by atoms with Gasteiger partial charge in [-0.2, -0.15) is 0 Å². The minimum atomic E-state index is -3.75. The zero-order chi connectivity index (χ0) is 15.5. The third-order valence-corrected chi connectivity index (χ3v) is 4.85. The highest BCUT2D eigenvalue weighted by Gasteiger charge is 2.24. The van der Waals surface area contributed by atoms with E-state index in [2.05, 4.69) is 13.2 Å². The van der Waals surface area contributed by atoms with E-state index < -0.39 is 16.1 Å². The van der Waals surface area contributed by atoms with Crippen molar-refractivity contribution in [3.63, 3.8) is 0 Å². The van der Waals surface area contributed by atoms with E-state index in [9.17, 15) is 13.5 Å². The first-order valence-corrected chi connectivity index (χ1v) is 7.89. The lowest BCUT2D eigenvalue weighted by Crippen LogP contribution is -2.17. The molecule has 1 unspecified atom stereocenters. The number of aliphatic hydroxyl groups excluding tert-OH is 1. The maximum Gasteiger partial charge on any atom is 0.267 e. The molecular formula is C16H17NO3S. The number of benzene rings is 1. The van der Waals surface area contributed by atoms with E-state index in [0.29, 0.717) is 11.3 Å². The number of hydrogen-bond donors (Lipinski definition) is 1. The Morgan fingerprint density at radius 3 is 2.43 bits per heavy atom. The van der Waals surface area contributed by atoms with Crippen molar-refractivity contribution in [1.82, 2.24) is 3.97 Å². The lowest BCUT2D eigenvalue weighted by atomic mass is 10.1. The highest BCUT2D eigenvalue weighted by atomic mass is 32.2. The van der Waals surface area contributed by atoms with Gasteiger partial charge in [0.2, 0.25) is 0 Å². The summed E-state index contributed by atoms with van der Waals surface area (Å²) < 4.78 is 26.5. The van der Waals surface area contributed by atoms with E-state index in [0.717, 1.165) is 3.97 Å². The quantitative estimate of drug-likeness (QED) is 0.835. The Balaban J connectivity index is 2.62. The summed E-state index contributed by atoms with van der Waals surface area (Å²) in [6, 6.07) is 9.72. The second-order valence-corrected chi connectivity index (χ2v) is 6.33. The molecule has 2 aromatic rings. The number of aliphatic hydroxyl groups is 1. The molecule has 5 heteroatoms. The fourth-order valence-electron chi connectivity index (χ4n) is 2.14. The minimum Gasteiger partial charge on any atom is -0.386 e. The fourth-order valence-corrected chi connectivity index (χ4v) is 3.57. The van der Waals surface area contributed by atoms with Crippen LogP contribution in [0.2, 0.25) is 0 Å². The Kier molecular flexibility index (Phi) is 4.45. The SMILES string of the molecule is C=CCC(O)c1c(C=C)ccn1S(=O)(=O)c1ccccc1. The Morgan fingerprint density at radius 1 is 1.19 bits per heavy atom. The topological polar surface area (TPSA) is 59.3 Å². The van der Waals surface area contributed by atoms with Crippen LogP contribution in [0.5, 0.6) is 0 Å². The van der Waals surface area contributed by atoms with Crippen molar-refractivity contribution in [2.24, 2.45) is 0 Å². The van der Waals surface area contributed by atoms with Gasteiger partial charge in [-0.1, -0.05) is 36.9 Å². The largest absolute Gasteiger partial charge is 0.386 e. The minimum absolute atomic E-state index is 0.170. The van der Waals surface area contributed by atoms with Crippen LogP contribution in [0, 0.1) is 0 Å². The van der Waals surface area contributed by atoms with Crippen LogP contribution in [-0.2, 0) is 10.0 Å². The molecule has 2 rings (SSSR count). The van der Waals surface area contributed by atoms with E-state index in [4.69, 9.17) is 0 Å². The summed E-state index contributed by atoms with van der Waals surface area (Å²) in [4.78, 5) is 0.170. The van der Waals surface area contributed by atoms with Crippen LogP contribution in [0.1, 0.15) is 23.8 Å². The van der Waals surface area contributed by atoms with Crippen molar-refractivity contribution < 1.29 is 13.5 Å². The molecule has 1 heterocycles.